The molecule has 0 aliphatic heterocycles. The van der Waals surface area contributed by atoms with E-state index < -0.39 is 0 Å². The average molecular weight is 368 g/mol. The third kappa shape index (κ3) is 4.56. The summed E-state index contributed by atoms with van der Waals surface area (Å²) in [6.07, 6.45) is 0.844. The fraction of sp³-hybridized carbons (Fsp3) is 0.278. The Morgan fingerprint density at radius 3 is 2.50 bits per heavy atom. The van der Waals surface area contributed by atoms with Crippen LogP contribution in [0.4, 0.5) is 5.69 Å². The van der Waals surface area contributed by atoms with Crippen molar-refractivity contribution < 1.29 is 14.3 Å². The zero-order valence-corrected chi connectivity index (χ0v) is 15.1. The second kappa shape index (κ2) is 8.81. The highest BCUT2D eigenvalue weighted by Gasteiger charge is 2.17. The van der Waals surface area contributed by atoms with Gasteiger partial charge < -0.3 is 14.8 Å². The third-order valence-electron chi connectivity index (χ3n) is 3.14. The highest BCUT2D eigenvalue weighted by Crippen LogP contribution is 2.37. The lowest BCUT2D eigenvalue weighted by Crippen LogP contribution is -2.13. The van der Waals surface area contributed by atoms with E-state index in [9.17, 15) is 4.79 Å². The Hall–Kier alpha value is -1.91. The number of benzene rings is 2. The van der Waals surface area contributed by atoms with Gasteiger partial charge in [0.05, 0.1) is 28.9 Å². The fourth-order valence-electron chi connectivity index (χ4n) is 2.06. The van der Waals surface area contributed by atoms with Crippen molar-refractivity contribution in [3.8, 4) is 11.5 Å². The summed E-state index contributed by atoms with van der Waals surface area (Å²) in [6.45, 7) is 4.81. The van der Waals surface area contributed by atoms with E-state index in [2.05, 4.69) is 5.32 Å². The minimum Gasteiger partial charge on any atom is -0.490 e. The summed E-state index contributed by atoms with van der Waals surface area (Å²) in [4.78, 5) is 12.5. The first-order chi connectivity index (χ1) is 11.6. The van der Waals surface area contributed by atoms with Crippen LogP contribution in [0.2, 0.25) is 10.0 Å². The first kappa shape index (κ1) is 18.4. The first-order valence-electron chi connectivity index (χ1n) is 7.71. The van der Waals surface area contributed by atoms with Crippen molar-refractivity contribution in [3.05, 3.63) is 52.0 Å². The normalized spacial score (nSPS) is 10.3. The number of nitrogens with one attached hydrogen (secondary N) is 1. The van der Waals surface area contributed by atoms with Gasteiger partial charge in [-0.25, -0.2) is 0 Å². The summed E-state index contributed by atoms with van der Waals surface area (Å²) >= 11 is 12.3. The number of hydrogen-bond acceptors (Lipinski definition) is 3. The van der Waals surface area contributed by atoms with E-state index in [0.717, 1.165) is 6.42 Å². The maximum Gasteiger partial charge on any atom is 0.255 e. The van der Waals surface area contributed by atoms with Gasteiger partial charge in [0.15, 0.2) is 11.5 Å². The minimum atomic E-state index is -0.326. The molecule has 2 rings (SSSR count). The second-order valence-electron chi connectivity index (χ2n) is 5.00. The largest absolute Gasteiger partial charge is 0.490 e. The summed E-state index contributed by atoms with van der Waals surface area (Å²) in [7, 11) is 0. The van der Waals surface area contributed by atoms with Crippen LogP contribution in [0, 0.1) is 0 Å². The molecule has 1 N–H and O–H groups in total. The molecule has 0 aromatic heterocycles. The minimum absolute atomic E-state index is 0.326. The number of amides is 1. The van der Waals surface area contributed by atoms with Crippen LogP contribution in [0.5, 0.6) is 11.5 Å². The topological polar surface area (TPSA) is 47.6 Å². The number of halogens is 2. The van der Waals surface area contributed by atoms with Crippen molar-refractivity contribution in [2.75, 3.05) is 18.5 Å². The molecule has 0 spiro atoms. The predicted molar refractivity (Wildman–Crippen MR) is 97.8 cm³/mol. The number of hydrogen-bond donors (Lipinski definition) is 1. The fourth-order valence-corrected chi connectivity index (χ4v) is 2.51. The molecule has 0 unspecified atom stereocenters. The van der Waals surface area contributed by atoms with Crippen molar-refractivity contribution in [1.29, 1.82) is 0 Å². The van der Waals surface area contributed by atoms with Crippen LogP contribution in [0.3, 0.4) is 0 Å². The molecule has 0 aliphatic rings. The summed E-state index contributed by atoms with van der Waals surface area (Å²) in [5.74, 6) is 0.574. The molecule has 2 aromatic carbocycles. The Morgan fingerprint density at radius 2 is 1.83 bits per heavy atom. The molecule has 0 radical (unpaired) electrons. The molecule has 0 atom stereocenters. The van der Waals surface area contributed by atoms with Gasteiger partial charge in [-0.3, -0.25) is 4.79 Å². The van der Waals surface area contributed by atoms with Gasteiger partial charge in [-0.05, 0) is 37.6 Å². The molecular formula is C18H19Cl2NO3. The number of rotatable bonds is 7. The van der Waals surface area contributed by atoms with Crippen LogP contribution in [-0.4, -0.2) is 19.1 Å². The van der Waals surface area contributed by atoms with E-state index in [0.29, 0.717) is 46.0 Å². The maximum absolute atomic E-state index is 12.5. The molecular weight excluding hydrogens is 349 g/mol. The quantitative estimate of drug-likeness (QED) is 0.709. The molecule has 0 saturated carbocycles. The van der Waals surface area contributed by atoms with Crippen LogP contribution in [0.25, 0.3) is 0 Å². The predicted octanol–water partition coefficient (Wildman–Crippen LogP) is 5.43. The SMILES string of the molecule is CCCOc1c(Cl)cc(C(=O)Nc2ccccc2Cl)cc1OCC. The van der Waals surface area contributed by atoms with Crippen molar-refractivity contribution in [2.45, 2.75) is 20.3 Å². The Bertz CT molecular complexity index is 719. The standard InChI is InChI=1S/C18H19Cl2NO3/c1-3-9-24-17-14(20)10-12(11-16(17)23-4-2)18(22)21-15-8-6-5-7-13(15)19/h5-8,10-11H,3-4,9H2,1-2H3,(H,21,22). The monoisotopic (exact) mass is 367 g/mol. The van der Waals surface area contributed by atoms with Gasteiger partial charge >= 0.3 is 0 Å². The molecule has 0 fully saturated rings. The van der Waals surface area contributed by atoms with Crippen molar-refractivity contribution in [1.82, 2.24) is 0 Å². The summed E-state index contributed by atoms with van der Waals surface area (Å²) in [6, 6.07) is 10.2. The molecule has 1 amide bonds. The van der Waals surface area contributed by atoms with Crippen molar-refractivity contribution >= 4 is 34.8 Å². The van der Waals surface area contributed by atoms with E-state index in [-0.39, 0.29) is 5.91 Å². The van der Waals surface area contributed by atoms with E-state index >= 15 is 0 Å². The van der Waals surface area contributed by atoms with Gasteiger partial charge in [0, 0.05) is 5.56 Å². The zero-order valence-electron chi connectivity index (χ0n) is 13.6. The lowest BCUT2D eigenvalue weighted by atomic mass is 10.1. The lowest BCUT2D eigenvalue weighted by molar-refractivity contribution is 0.102. The van der Waals surface area contributed by atoms with Gasteiger partial charge in [0.2, 0.25) is 0 Å². The van der Waals surface area contributed by atoms with E-state index in [1.54, 1.807) is 36.4 Å². The number of para-hydroxylation sites is 1. The molecule has 0 aliphatic carbocycles. The Kier molecular flexibility index (Phi) is 6.76. The highest BCUT2D eigenvalue weighted by molar-refractivity contribution is 6.34. The molecule has 24 heavy (non-hydrogen) atoms. The van der Waals surface area contributed by atoms with Gasteiger partial charge in [-0.1, -0.05) is 42.3 Å². The smallest absolute Gasteiger partial charge is 0.255 e. The molecule has 0 heterocycles. The molecule has 4 nitrogen and oxygen atoms in total. The zero-order chi connectivity index (χ0) is 17.5. The molecule has 2 aromatic rings. The molecule has 128 valence electrons. The Balaban J connectivity index is 2.29. The number of carbonyl (C=O) groups is 1. The van der Waals surface area contributed by atoms with Crippen molar-refractivity contribution in [2.24, 2.45) is 0 Å². The summed E-state index contributed by atoms with van der Waals surface area (Å²) in [5.41, 5.74) is 0.900. The van der Waals surface area contributed by atoms with Gasteiger partial charge in [-0.15, -0.1) is 0 Å². The van der Waals surface area contributed by atoms with Crippen LogP contribution < -0.4 is 14.8 Å². The molecule has 0 saturated heterocycles. The van der Waals surface area contributed by atoms with Crippen LogP contribution >= 0.6 is 23.2 Å². The second-order valence-corrected chi connectivity index (χ2v) is 5.82. The Labute approximate surface area is 151 Å². The Morgan fingerprint density at radius 1 is 1.08 bits per heavy atom. The van der Waals surface area contributed by atoms with Gasteiger partial charge in [-0.2, -0.15) is 0 Å². The van der Waals surface area contributed by atoms with E-state index in [1.165, 1.54) is 0 Å². The lowest BCUT2D eigenvalue weighted by Gasteiger charge is -2.15. The summed E-state index contributed by atoms with van der Waals surface area (Å²) in [5, 5.41) is 3.55. The highest BCUT2D eigenvalue weighted by atomic mass is 35.5. The van der Waals surface area contributed by atoms with Gasteiger partial charge in [0.1, 0.15) is 0 Å². The van der Waals surface area contributed by atoms with E-state index in [4.69, 9.17) is 32.7 Å². The van der Waals surface area contributed by atoms with Crippen LogP contribution in [0.1, 0.15) is 30.6 Å². The summed E-state index contributed by atoms with van der Waals surface area (Å²) < 4.78 is 11.2. The number of carbonyl (C=O) groups excluding carboxylic acids is 1. The van der Waals surface area contributed by atoms with Crippen molar-refractivity contribution in [3.63, 3.8) is 0 Å². The third-order valence-corrected chi connectivity index (χ3v) is 3.75. The molecule has 0 bridgehead atoms. The maximum atomic E-state index is 12.5. The first-order valence-corrected chi connectivity index (χ1v) is 8.47. The van der Waals surface area contributed by atoms with Gasteiger partial charge in [0.25, 0.3) is 5.91 Å². The molecule has 6 heteroatoms. The van der Waals surface area contributed by atoms with Crippen LogP contribution in [0.15, 0.2) is 36.4 Å². The van der Waals surface area contributed by atoms with E-state index in [1.807, 2.05) is 13.8 Å². The average Bonchev–Trinajstić information content (AvgIpc) is 2.56. The number of anilines is 1. The number of ether oxygens (including phenoxy) is 2. The van der Waals surface area contributed by atoms with Crippen LogP contribution in [-0.2, 0) is 0 Å².